The molecule has 2 rings (SSSR count). The summed E-state index contributed by atoms with van der Waals surface area (Å²) in [7, 11) is 0. The molecule has 0 radical (unpaired) electrons. The Morgan fingerprint density at radius 3 is 2.67 bits per heavy atom. The van der Waals surface area contributed by atoms with Crippen LogP contribution in [-0.2, 0) is 0 Å². The van der Waals surface area contributed by atoms with Gasteiger partial charge in [-0.05, 0) is 12.8 Å². The molecule has 2 aliphatic heterocycles. The second-order valence-electron chi connectivity index (χ2n) is 3.80. The summed E-state index contributed by atoms with van der Waals surface area (Å²) in [6.07, 6.45) is -0.236. The van der Waals surface area contributed by atoms with E-state index < -0.39 is 12.2 Å². The fraction of sp³-hybridized carbons (Fsp3) is 1.00. The van der Waals surface area contributed by atoms with Crippen molar-refractivity contribution in [1.29, 1.82) is 0 Å². The second kappa shape index (κ2) is 2.96. The fourth-order valence-corrected chi connectivity index (χ4v) is 2.21. The Balaban J connectivity index is 2.05. The number of piperidine rings is 1. The van der Waals surface area contributed by atoms with Crippen molar-refractivity contribution < 1.29 is 15.3 Å². The van der Waals surface area contributed by atoms with Gasteiger partial charge >= 0.3 is 0 Å². The van der Waals surface area contributed by atoms with Gasteiger partial charge in [0.1, 0.15) is 0 Å². The second-order valence-corrected chi connectivity index (χ2v) is 3.80. The molecule has 0 unspecified atom stereocenters. The Bertz CT molecular complexity index is 176. The first-order valence-corrected chi connectivity index (χ1v) is 4.46. The van der Waals surface area contributed by atoms with Gasteiger partial charge in [0.05, 0.1) is 18.3 Å². The largest absolute Gasteiger partial charge is 0.393 e. The van der Waals surface area contributed by atoms with Crippen LogP contribution in [0.2, 0.25) is 0 Å². The van der Waals surface area contributed by atoms with Crippen LogP contribution in [0.5, 0.6) is 0 Å². The highest BCUT2D eigenvalue weighted by Crippen LogP contribution is 2.27. The molecule has 2 saturated heterocycles. The third kappa shape index (κ3) is 1.25. The number of hydrogen-bond donors (Lipinski definition) is 3. The molecular formula is C8H15NO3. The van der Waals surface area contributed by atoms with E-state index in [-0.39, 0.29) is 12.1 Å². The van der Waals surface area contributed by atoms with Crippen LogP contribution in [0.25, 0.3) is 0 Å². The van der Waals surface area contributed by atoms with Crippen LogP contribution in [0.3, 0.4) is 0 Å². The molecule has 2 heterocycles. The van der Waals surface area contributed by atoms with Crippen molar-refractivity contribution in [3.63, 3.8) is 0 Å². The van der Waals surface area contributed by atoms with Crippen molar-refractivity contribution in [1.82, 2.24) is 4.90 Å². The summed E-state index contributed by atoms with van der Waals surface area (Å²) < 4.78 is 0. The zero-order valence-electron chi connectivity index (χ0n) is 6.93. The molecule has 2 fully saturated rings. The molecule has 0 aliphatic carbocycles. The Kier molecular flexibility index (Phi) is 2.08. The van der Waals surface area contributed by atoms with Crippen LogP contribution in [0, 0.1) is 0 Å². The van der Waals surface area contributed by atoms with Gasteiger partial charge in [0.25, 0.3) is 0 Å². The monoisotopic (exact) mass is 173 g/mol. The Morgan fingerprint density at radius 1 is 1.17 bits per heavy atom. The first kappa shape index (κ1) is 8.44. The molecule has 4 heteroatoms. The Labute approximate surface area is 71.4 Å². The predicted molar refractivity (Wildman–Crippen MR) is 42.6 cm³/mol. The van der Waals surface area contributed by atoms with E-state index in [2.05, 4.69) is 4.90 Å². The van der Waals surface area contributed by atoms with Gasteiger partial charge in [-0.1, -0.05) is 0 Å². The lowest BCUT2D eigenvalue weighted by atomic mass is 9.98. The summed E-state index contributed by atoms with van der Waals surface area (Å²) >= 11 is 0. The molecule has 3 N–H and O–H groups in total. The van der Waals surface area contributed by atoms with Gasteiger partial charge in [0, 0.05) is 19.1 Å². The molecule has 4 nitrogen and oxygen atoms in total. The van der Waals surface area contributed by atoms with Crippen LogP contribution in [0.1, 0.15) is 12.8 Å². The molecule has 0 aromatic carbocycles. The van der Waals surface area contributed by atoms with Gasteiger partial charge < -0.3 is 15.3 Å². The van der Waals surface area contributed by atoms with Gasteiger partial charge in [-0.3, -0.25) is 4.90 Å². The lowest BCUT2D eigenvalue weighted by Crippen LogP contribution is -2.44. The first-order chi connectivity index (χ1) is 5.68. The van der Waals surface area contributed by atoms with Crippen molar-refractivity contribution in [3.8, 4) is 0 Å². The topological polar surface area (TPSA) is 63.9 Å². The summed E-state index contributed by atoms with van der Waals surface area (Å²) in [5.41, 5.74) is 0. The molecular weight excluding hydrogens is 158 g/mol. The standard InChI is InChI=1S/C8H15NO3/c10-5-1-2-9-4-7(11)8(12)6(9)3-5/h5-8,10-12H,1-4H2/t5-,6+,7+,8-/m0/s1. The van der Waals surface area contributed by atoms with Crippen molar-refractivity contribution >= 4 is 0 Å². The predicted octanol–water partition coefficient (Wildman–Crippen LogP) is -1.45. The third-order valence-corrected chi connectivity index (χ3v) is 2.94. The molecule has 0 aromatic heterocycles. The van der Waals surface area contributed by atoms with E-state index in [9.17, 15) is 15.3 Å². The lowest BCUT2D eigenvalue weighted by molar-refractivity contribution is 0.00403. The number of aliphatic hydroxyl groups is 3. The molecule has 0 aromatic rings. The van der Waals surface area contributed by atoms with Gasteiger partial charge in [-0.15, -0.1) is 0 Å². The SMILES string of the molecule is O[C@H]1CCN2C[C@@H](O)[C@@H](O)[C@H]2C1. The summed E-state index contributed by atoms with van der Waals surface area (Å²) in [5, 5.41) is 28.2. The van der Waals surface area contributed by atoms with Crippen molar-refractivity contribution in [2.45, 2.75) is 37.2 Å². The van der Waals surface area contributed by atoms with Gasteiger partial charge in [0.2, 0.25) is 0 Å². The smallest absolute Gasteiger partial charge is 0.0967 e. The van der Waals surface area contributed by atoms with E-state index in [0.29, 0.717) is 13.0 Å². The number of aliphatic hydroxyl groups excluding tert-OH is 3. The zero-order chi connectivity index (χ0) is 8.72. The molecule has 2 aliphatic rings. The lowest BCUT2D eigenvalue weighted by Gasteiger charge is -2.33. The highest BCUT2D eigenvalue weighted by Gasteiger charge is 2.42. The fourth-order valence-electron chi connectivity index (χ4n) is 2.21. The molecule has 0 bridgehead atoms. The summed E-state index contributed by atoms with van der Waals surface area (Å²) in [6, 6.07) is -0.0243. The van der Waals surface area contributed by atoms with E-state index >= 15 is 0 Å². The van der Waals surface area contributed by atoms with E-state index in [4.69, 9.17) is 0 Å². The van der Waals surface area contributed by atoms with Gasteiger partial charge in [-0.25, -0.2) is 0 Å². The van der Waals surface area contributed by atoms with Crippen LogP contribution in [0.15, 0.2) is 0 Å². The van der Waals surface area contributed by atoms with Gasteiger partial charge in [0.15, 0.2) is 0 Å². The minimum Gasteiger partial charge on any atom is -0.393 e. The minimum atomic E-state index is -0.667. The average molecular weight is 173 g/mol. The van der Waals surface area contributed by atoms with E-state index in [1.807, 2.05) is 0 Å². The van der Waals surface area contributed by atoms with Crippen molar-refractivity contribution in [2.24, 2.45) is 0 Å². The highest BCUT2D eigenvalue weighted by molar-refractivity contribution is 4.97. The number of nitrogens with zero attached hydrogens (tertiary/aromatic N) is 1. The van der Waals surface area contributed by atoms with Crippen LogP contribution in [0.4, 0.5) is 0 Å². The first-order valence-electron chi connectivity index (χ1n) is 4.46. The average Bonchev–Trinajstić information content (AvgIpc) is 2.31. The third-order valence-electron chi connectivity index (χ3n) is 2.94. The number of fused-ring (bicyclic) bond motifs is 1. The van der Waals surface area contributed by atoms with Crippen molar-refractivity contribution in [3.05, 3.63) is 0 Å². The molecule has 4 atom stereocenters. The summed E-state index contributed by atoms with van der Waals surface area (Å²) in [5.74, 6) is 0. The zero-order valence-corrected chi connectivity index (χ0v) is 6.93. The van der Waals surface area contributed by atoms with E-state index in [1.165, 1.54) is 0 Å². The molecule has 12 heavy (non-hydrogen) atoms. The maximum Gasteiger partial charge on any atom is 0.0967 e. The van der Waals surface area contributed by atoms with Crippen LogP contribution >= 0.6 is 0 Å². The maximum absolute atomic E-state index is 9.51. The summed E-state index contributed by atoms with van der Waals surface area (Å²) in [4.78, 5) is 2.06. The number of hydrogen-bond acceptors (Lipinski definition) is 4. The minimum absolute atomic E-state index is 0.0243. The van der Waals surface area contributed by atoms with E-state index in [0.717, 1.165) is 13.0 Å². The van der Waals surface area contributed by atoms with Crippen LogP contribution in [-0.4, -0.2) is 57.7 Å². The van der Waals surface area contributed by atoms with Gasteiger partial charge in [-0.2, -0.15) is 0 Å². The Hall–Kier alpha value is -0.160. The highest BCUT2D eigenvalue weighted by atomic mass is 16.3. The Morgan fingerprint density at radius 2 is 1.92 bits per heavy atom. The number of rotatable bonds is 0. The molecule has 0 spiro atoms. The van der Waals surface area contributed by atoms with E-state index in [1.54, 1.807) is 0 Å². The van der Waals surface area contributed by atoms with Crippen molar-refractivity contribution in [2.75, 3.05) is 13.1 Å². The maximum atomic E-state index is 9.51. The molecule has 0 amide bonds. The quantitative estimate of drug-likeness (QED) is 0.419. The molecule has 0 saturated carbocycles. The van der Waals surface area contributed by atoms with Crippen LogP contribution < -0.4 is 0 Å². The molecule has 70 valence electrons. The summed E-state index contributed by atoms with van der Waals surface area (Å²) in [6.45, 7) is 1.35. The normalized spacial score (nSPS) is 49.2.